The van der Waals surface area contributed by atoms with Gasteiger partial charge in [-0.2, -0.15) is 0 Å². The van der Waals surface area contributed by atoms with Gasteiger partial charge >= 0.3 is 5.97 Å². The number of carbonyl (C=O) groups excluding carboxylic acids is 1. The number of carbonyl (C=O) groups is 1. The van der Waals surface area contributed by atoms with Gasteiger partial charge in [0.05, 0.1) is 12.2 Å². The highest BCUT2D eigenvalue weighted by Gasteiger charge is 2.21. The van der Waals surface area contributed by atoms with Gasteiger partial charge in [-0.25, -0.2) is 17.9 Å². The molecule has 11 heteroatoms. The molecule has 0 saturated carbocycles. The van der Waals surface area contributed by atoms with Crippen molar-refractivity contribution in [2.45, 2.75) is 36.8 Å². The Bertz CT molecular complexity index is 1080. The third-order valence-electron chi connectivity index (χ3n) is 5.81. The van der Waals surface area contributed by atoms with E-state index in [1.807, 2.05) is 12.1 Å². The van der Waals surface area contributed by atoms with Crippen LogP contribution in [-0.4, -0.2) is 76.6 Å². The Kier molecular flexibility index (Phi) is 9.33. The van der Waals surface area contributed by atoms with Crippen molar-refractivity contribution >= 4 is 21.7 Å². The average Bonchev–Trinajstić information content (AvgIpc) is 2.87. The summed E-state index contributed by atoms with van der Waals surface area (Å²) in [5.74, 6) is -0.466. The van der Waals surface area contributed by atoms with Gasteiger partial charge in [-0.15, -0.1) is 0 Å². The summed E-state index contributed by atoms with van der Waals surface area (Å²) in [5, 5.41) is 23.4. The highest BCUT2D eigenvalue weighted by atomic mass is 32.2. The van der Waals surface area contributed by atoms with E-state index in [9.17, 15) is 23.4 Å². The van der Waals surface area contributed by atoms with Crippen LogP contribution < -0.4 is 19.7 Å². The molecule has 0 radical (unpaired) electrons. The predicted octanol–water partition coefficient (Wildman–Crippen LogP) is 1.48. The van der Waals surface area contributed by atoms with Crippen LogP contribution in [0.25, 0.3) is 0 Å². The lowest BCUT2D eigenvalue weighted by molar-refractivity contribution is 0.0526. The Morgan fingerprint density at radius 1 is 1.17 bits per heavy atom. The molecule has 1 saturated heterocycles. The third-order valence-corrected chi connectivity index (χ3v) is 7.26. The second-order valence-electron chi connectivity index (χ2n) is 8.24. The molecule has 1 heterocycles. The zero-order valence-electron chi connectivity index (χ0n) is 19.9. The Hall–Kier alpha value is -2.86. The maximum atomic E-state index is 12.0. The molecular formula is C24H33N3O7S. The highest BCUT2D eigenvalue weighted by molar-refractivity contribution is 7.89. The minimum Gasteiger partial charge on any atom is -0.507 e. The molecular weight excluding hydrogens is 474 g/mol. The van der Waals surface area contributed by atoms with Gasteiger partial charge in [0.2, 0.25) is 10.0 Å². The second kappa shape index (κ2) is 12.2. The topological polar surface area (TPSA) is 137 Å². The van der Waals surface area contributed by atoms with Crippen LogP contribution in [-0.2, 0) is 14.8 Å². The number of nitrogens with one attached hydrogen (secondary N) is 2. The number of esters is 1. The smallest absolute Gasteiger partial charge is 0.338 e. The van der Waals surface area contributed by atoms with Crippen LogP contribution in [0, 0.1) is 0 Å². The van der Waals surface area contributed by atoms with Crippen molar-refractivity contribution in [3.63, 3.8) is 0 Å². The van der Waals surface area contributed by atoms with E-state index in [-0.39, 0.29) is 35.0 Å². The molecule has 2 aromatic carbocycles. The molecule has 1 fully saturated rings. The Labute approximate surface area is 205 Å². The van der Waals surface area contributed by atoms with E-state index in [4.69, 9.17) is 9.47 Å². The molecule has 10 nitrogen and oxygen atoms in total. The van der Waals surface area contributed by atoms with E-state index >= 15 is 0 Å². The van der Waals surface area contributed by atoms with Crippen molar-refractivity contribution in [2.75, 3.05) is 44.8 Å². The highest BCUT2D eigenvalue weighted by Crippen LogP contribution is 2.27. The SMILES string of the molecule is CCOC(=O)c1ccc(N2CCC(NC[C@H](O)COc3ccc(O)c(S(=O)(=O)NC)c3)CC2)cc1. The van der Waals surface area contributed by atoms with Crippen molar-refractivity contribution in [2.24, 2.45) is 0 Å². The number of sulfonamides is 1. The van der Waals surface area contributed by atoms with E-state index in [1.165, 1.54) is 25.2 Å². The number of aliphatic hydroxyl groups excluding tert-OH is 1. The first-order valence-corrected chi connectivity index (χ1v) is 13.0. The van der Waals surface area contributed by atoms with Crippen molar-refractivity contribution in [1.82, 2.24) is 10.0 Å². The summed E-state index contributed by atoms with van der Waals surface area (Å²) in [6, 6.07) is 11.6. The molecule has 0 aliphatic carbocycles. The van der Waals surface area contributed by atoms with E-state index in [0.29, 0.717) is 18.7 Å². The van der Waals surface area contributed by atoms with Gasteiger partial charge in [-0.05, 0) is 63.2 Å². The Morgan fingerprint density at radius 2 is 1.86 bits per heavy atom. The minimum absolute atomic E-state index is 0.0253. The molecule has 35 heavy (non-hydrogen) atoms. The van der Waals surface area contributed by atoms with Crippen molar-refractivity contribution in [3.8, 4) is 11.5 Å². The first kappa shape index (κ1) is 26.7. The van der Waals surface area contributed by atoms with Crippen LogP contribution in [0.5, 0.6) is 11.5 Å². The van der Waals surface area contributed by atoms with Crippen LogP contribution in [0.1, 0.15) is 30.1 Å². The summed E-state index contributed by atoms with van der Waals surface area (Å²) < 4.78 is 36.6. The summed E-state index contributed by atoms with van der Waals surface area (Å²) in [4.78, 5) is 13.8. The second-order valence-corrected chi connectivity index (χ2v) is 10.1. The molecule has 0 bridgehead atoms. The first-order valence-electron chi connectivity index (χ1n) is 11.6. The minimum atomic E-state index is -3.83. The van der Waals surface area contributed by atoms with Crippen molar-refractivity contribution < 1.29 is 32.9 Å². The number of rotatable bonds is 11. The zero-order chi connectivity index (χ0) is 25.4. The lowest BCUT2D eigenvalue weighted by Crippen LogP contribution is -2.45. The number of hydrogen-bond donors (Lipinski definition) is 4. The molecule has 1 aliphatic rings. The van der Waals surface area contributed by atoms with Crippen LogP contribution in [0.4, 0.5) is 5.69 Å². The Balaban J connectivity index is 1.42. The predicted molar refractivity (Wildman–Crippen MR) is 131 cm³/mol. The summed E-state index contributed by atoms with van der Waals surface area (Å²) >= 11 is 0. The number of hydrogen-bond acceptors (Lipinski definition) is 9. The number of aliphatic hydroxyl groups is 1. The van der Waals surface area contributed by atoms with E-state index in [2.05, 4.69) is 14.9 Å². The normalized spacial score (nSPS) is 15.6. The molecule has 192 valence electrons. The number of ether oxygens (including phenoxy) is 2. The largest absolute Gasteiger partial charge is 0.507 e. The molecule has 0 amide bonds. The van der Waals surface area contributed by atoms with Gasteiger partial charge in [0.1, 0.15) is 29.1 Å². The number of piperidine rings is 1. The van der Waals surface area contributed by atoms with E-state index in [1.54, 1.807) is 19.1 Å². The van der Waals surface area contributed by atoms with Crippen LogP contribution >= 0.6 is 0 Å². The molecule has 4 N–H and O–H groups in total. The number of anilines is 1. The van der Waals surface area contributed by atoms with Gasteiger partial charge in [0.15, 0.2) is 0 Å². The molecule has 0 spiro atoms. The lowest BCUT2D eigenvalue weighted by atomic mass is 10.0. The van der Waals surface area contributed by atoms with Gasteiger partial charge in [-0.3, -0.25) is 0 Å². The van der Waals surface area contributed by atoms with Gasteiger partial charge in [0, 0.05) is 37.4 Å². The monoisotopic (exact) mass is 507 g/mol. The van der Waals surface area contributed by atoms with E-state index in [0.717, 1.165) is 31.6 Å². The fourth-order valence-electron chi connectivity index (χ4n) is 3.83. The summed E-state index contributed by atoms with van der Waals surface area (Å²) in [7, 11) is -2.57. The molecule has 2 aromatic rings. The average molecular weight is 508 g/mol. The molecule has 1 aliphatic heterocycles. The molecule has 0 unspecified atom stereocenters. The standard InChI is InChI=1S/C24H33N3O7S/c1-3-33-24(30)17-4-6-19(7-5-17)27-12-10-18(11-13-27)26-15-20(28)16-34-21-8-9-22(29)23(14-21)35(31,32)25-2/h4-9,14,18,20,25-26,28-29H,3,10-13,15-16H2,1-2H3/t20-/m0/s1. The maximum absolute atomic E-state index is 12.0. The van der Waals surface area contributed by atoms with Crippen LogP contribution in [0.2, 0.25) is 0 Å². The molecule has 1 atom stereocenters. The lowest BCUT2D eigenvalue weighted by Gasteiger charge is -2.34. The maximum Gasteiger partial charge on any atom is 0.338 e. The zero-order valence-corrected chi connectivity index (χ0v) is 20.8. The van der Waals surface area contributed by atoms with Crippen LogP contribution in [0.3, 0.4) is 0 Å². The Morgan fingerprint density at radius 3 is 2.49 bits per heavy atom. The fraction of sp³-hybridized carbons (Fsp3) is 0.458. The van der Waals surface area contributed by atoms with Crippen molar-refractivity contribution in [1.29, 1.82) is 0 Å². The number of nitrogens with zero attached hydrogens (tertiary/aromatic N) is 1. The van der Waals surface area contributed by atoms with Gasteiger partial charge in [-0.1, -0.05) is 0 Å². The van der Waals surface area contributed by atoms with Crippen molar-refractivity contribution in [3.05, 3.63) is 48.0 Å². The van der Waals surface area contributed by atoms with Gasteiger partial charge < -0.3 is 29.9 Å². The first-order chi connectivity index (χ1) is 16.7. The van der Waals surface area contributed by atoms with E-state index < -0.39 is 16.1 Å². The number of phenolic OH excluding ortho intramolecular Hbond substituents is 1. The number of phenols is 1. The van der Waals surface area contributed by atoms with Gasteiger partial charge in [0.25, 0.3) is 0 Å². The summed E-state index contributed by atoms with van der Waals surface area (Å²) in [5.41, 5.74) is 1.59. The third kappa shape index (κ3) is 7.31. The molecule has 3 rings (SSSR count). The fourth-order valence-corrected chi connectivity index (χ4v) is 4.66. The van der Waals surface area contributed by atoms with Crippen LogP contribution in [0.15, 0.2) is 47.4 Å². The summed E-state index contributed by atoms with van der Waals surface area (Å²) in [6.07, 6.45) is 1.01. The summed E-state index contributed by atoms with van der Waals surface area (Å²) in [6.45, 7) is 4.13. The molecule has 0 aromatic heterocycles. The quantitative estimate of drug-likeness (QED) is 0.333. The number of benzene rings is 2. The number of aromatic hydroxyl groups is 1.